The lowest BCUT2D eigenvalue weighted by Crippen LogP contribution is -2.12. The molecule has 0 N–H and O–H groups in total. The molecule has 0 saturated carbocycles. The van der Waals surface area contributed by atoms with Crippen molar-refractivity contribution in [2.75, 3.05) is 0 Å². The van der Waals surface area contributed by atoms with Crippen LogP contribution in [0.4, 0.5) is 0 Å². The van der Waals surface area contributed by atoms with Crippen LogP contribution in [0.3, 0.4) is 0 Å². The molecule has 2 heteroatoms. The first-order chi connectivity index (χ1) is 17.1. The third kappa shape index (κ3) is 3.83. The molecule has 0 bridgehead atoms. The number of benzene rings is 4. The van der Waals surface area contributed by atoms with Crippen molar-refractivity contribution in [3.8, 4) is 16.8 Å². The highest BCUT2D eigenvalue weighted by atomic mass is 35.5. The summed E-state index contributed by atoms with van der Waals surface area (Å²) in [4.78, 5) is 0. The molecule has 6 rings (SSSR count). The molecule has 35 heavy (non-hydrogen) atoms. The van der Waals surface area contributed by atoms with Crippen molar-refractivity contribution in [3.05, 3.63) is 131 Å². The van der Waals surface area contributed by atoms with Crippen molar-refractivity contribution < 1.29 is 0 Å². The SMILES string of the molecule is C=Cc1ccc(C2=Cc3c(n(-c4ccccc4)c4ccc(-c5ccc(Cl)cc5)cc34)CC2C)cc1. The molecule has 1 heterocycles. The number of fused-ring (bicyclic) bond motifs is 3. The summed E-state index contributed by atoms with van der Waals surface area (Å²) >= 11 is 6.15. The van der Waals surface area contributed by atoms with E-state index in [4.69, 9.17) is 11.6 Å². The van der Waals surface area contributed by atoms with E-state index in [0.29, 0.717) is 5.92 Å². The number of allylic oxidation sites excluding steroid dienone is 1. The van der Waals surface area contributed by atoms with Gasteiger partial charge in [0.2, 0.25) is 0 Å². The van der Waals surface area contributed by atoms with E-state index >= 15 is 0 Å². The predicted octanol–water partition coefficient (Wildman–Crippen LogP) is 9.33. The van der Waals surface area contributed by atoms with Crippen LogP contribution in [-0.4, -0.2) is 4.57 Å². The van der Waals surface area contributed by atoms with Crippen LogP contribution >= 0.6 is 11.6 Å². The molecular weight excluding hydrogens is 446 g/mol. The molecule has 1 atom stereocenters. The van der Waals surface area contributed by atoms with Crippen LogP contribution in [0.2, 0.25) is 5.02 Å². The summed E-state index contributed by atoms with van der Waals surface area (Å²) in [5, 5.41) is 2.04. The average molecular weight is 472 g/mol. The second-order valence-electron chi connectivity index (χ2n) is 9.30. The largest absolute Gasteiger partial charge is 0.313 e. The second kappa shape index (κ2) is 8.76. The topological polar surface area (TPSA) is 4.93 Å². The molecule has 0 saturated heterocycles. The Morgan fingerprint density at radius 1 is 0.829 bits per heavy atom. The standard InChI is InChI=1S/C33H26ClN/c1-3-23-9-11-25(12-10-23)29-21-31-30-20-26(24-13-16-27(34)17-14-24)15-18-32(30)35(33(31)19-22(29)2)28-7-5-4-6-8-28/h3-18,20-22H,1,19H2,2H3. The van der Waals surface area contributed by atoms with Gasteiger partial charge < -0.3 is 4.57 Å². The van der Waals surface area contributed by atoms with E-state index in [9.17, 15) is 0 Å². The summed E-state index contributed by atoms with van der Waals surface area (Å²) in [7, 11) is 0. The fraction of sp³-hybridized carbons (Fsp3) is 0.0909. The zero-order valence-electron chi connectivity index (χ0n) is 19.7. The zero-order valence-corrected chi connectivity index (χ0v) is 20.5. The number of hydrogen-bond donors (Lipinski definition) is 0. The maximum Gasteiger partial charge on any atom is 0.0538 e. The molecule has 0 spiro atoms. The fourth-order valence-corrected chi connectivity index (χ4v) is 5.43. The normalized spacial score (nSPS) is 15.0. The van der Waals surface area contributed by atoms with Crippen molar-refractivity contribution in [1.29, 1.82) is 0 Å². The molecule has 0 amide bonds. The van der Waals surface area contributed by atoms with Crippen LogP contribution < -0.4 is 0 Å². The van der Waals surface area contributed by atoms with Gasteiger partial charge in [-0.25, -0.2) is 0 Å². The summed E-state index contributed by atoms with van der Waals surface area (Å²) in [5.74, 6) is 0.416. The fourth-order valence-electron chi connectivity index (χ4n) is 5.30. The average Bonchev–Trinajstić information content (AvgIpc) is 3.21. The van der Waals surface area contributed by atoms with Crippen molar-refractivity contribution in [2.45, 2.75) is 13.3 Å². The first-order valence-electron chi connectivity index (χ1n) is 12.1. The maximum absolute atomic E-state index is 6.15. The molecule has 0 radical (unpaired) electrons. The molecule has 1 aromatic heterocycles. The quantitative estimate of drug-likeness (QED) is 0.246. The van der Waals surface area contributed by atoms with Gasteiger partial charge in [-0.3, -0.25) is 0 Å². The van der Waals surface area contributed by atoms with E-state index < -0.39 is 0 Å². The molecule has 1 aliphatic carbocycles. The molecular formula is C33H26ClN. The highest BCUT2D eigenvalue weighted by Gasteiger charge is 2.26. The minimum Gasteiger partial charge on any atom is -0.313 e. The summed E-state index contributed by atoms with van der Waals surface area (Å²) in [6.45, 7) is 6.23. The highest BCUT2D eigenvalue weighted by molar-refractivity contribution is 6.30. The number of hydrogen-bond acceptors (Lipinski definition) is 0. The Morgan fingerprint density at radius 3 is 2.23 bits per heavy atom. The summed E-state index contributed by atoms with van der Waals surface area (Å²) in [6.07, 6.45) is 5.30. The number of rotatable bonds is 4. The lowest BCUT2D eigenvalue weighted by molar-refractivity contribution is 0.708. The van der Waals surface area contributed by atoms with Gasteiger partial charge in [0, 0.05) is 27.4 Å². The summed E-state index contributed by atoms with van der Waals surface area (Å²) in [6, 6.07) is 34.4. The lowest BCUT2D eigenvalue weighted by Gasteiger charge is -2.24. The maximum atomic E-state index is 6.15. The predicted molar refractivity (Wildman–Crippen MR) is 151 cm³/mol. The Labute approximate surface area is 211 Å². The van der Waals surface area contributed by atoms with Gasteiger partial charge in [0.25, 0.3) is 0 Å². The first kappa shape index (κ1) is 21.7. The van der Waals surface area contributed by atoms with Crippen LogP contribution in [0.15, 0.2) is 104 Å². The van der Waals surface area contributed by atoms with Gasteiger partial charge in [-0.15, -0.1) is 0 Å². The summed E-state index contributed by atoms with van der Waals surface area (Å²) < 4.78 is 2.45. The highest BCUT2D eigenvalue weighted by Crippen LogP contribution is 2.42. The molecule has 4 aromatic carbocycles. The number of aromatic nitrogens is 1. The minimum absolute atomic E-state index is 0.416. The third-order valence-corrected chi connectivity index (χ3v) is 7.36. The molecule has 5 aromatic rings. The van der Waals surface area contributed by atoms with Crippen molar-refractivity contribution in [2.24, 2.45) is 5.92 Å². The van der Waals surface area contributed by atoms with Gasteiger partial charge >= 0.3 is 0 Å². The smallest absolute Gasteiger partial charge is 0.0538 e. The van der Waals surface area contributed by atoms with E-state index in [2.05, 4.69) is 109 Å². The first-order valence-corrected chi connectivity index (χ1v) is 12.4. The van der Waals surface area contributed by atoms with Crippen LogP contribution in [0.5, 0.6) is 0 Å². The second-order valence-corrected chi connectivity index (χ2v) is 9.74. The van der Waals surface area contributed by atoms with E-state index in [1.54, 1.807) is 0 Å². The van der Waals surface area contributed by atoms with Gasteiger partial charge in [0.1, 0.15) is 0 Å². The Balaban J connectivity index is 1.59. The van der Waals surface area contributed by atoms with Crippen LogP contribution in [0, 0.1) is 5.92 Å². The minimum atomic E-state index is 0.416. The molecule has 170 valence electrons. The zero-order chi connectivity index (χ0) is 23.9. The van der Waals surface area contributed by atoms with Crippen LogP contribution in [-0.2, 0) is 6.42 Å². The van der Waals surface area contributed by atoms with Gasteiger partial charge in [-0.1, -0.05) is 91.8 Å². The van der Waals surface area contributed by atoms with Crippen LogP contribution in [0.1, 0.15) is 29.3 Å². The summed E-state index contributed by atoms with van der Waals surface area (Å²) in [5.41, 5.74) is 11.3. The molecule has 1 unspecified atom stereocenters. The van der Waals surface area contributed by atoms with Gasteiger partial charge in [0.05, 0.1) is 5.52 Å². The van der Waals surface area contributed by atoms with Gasteiger partial charge in [0.15, 0.2) is 0 Å². The van der Waals surface area contributed by atoms with Gasteiger partial charge in [-0.2, -0.15) is 0 Å². The van der Waals surface area contributed by atoms with Crippen molar-refractivity contribution >= 4 is 40.2 Å². The van der Waals surface area contributed by atoms with Gasteiger partial charge in [-0.05, 0) is 82.6 Å². The molecule has 1 nitrogen and oxygen atoms in total. The van der Waals surface area contributed by atoms with Crippen molar-refractivity contribution in [3.63, 3.8) is 0 Å². The Hall–Kier alpha value is -3.81. The van der Waals surface area contributed by atoms with Crippen LogP contribution in [0.25, 0.3) is 45.4 Å². The monoisotopic (exact) mass is 471 g/mol. The Kier molecular flexibility index (Phi) is 5.43. The third-order valence-electron chi connectivity index (χ3n) is 7.11. The number of halogens is 1. The van der Waals surface area contributed by atoms with E-state index in [1.807, 2.05) is 18.2 Å². The molecule has 1 aliphatic rings. The number of nitrogens with zero attached hydrogens (tertiary/aromatic N) is 1. The van der Waals surface area contributed by atoms with E-state index in [-0.39, 0.29) is 0 Å². The molecule has 0 fully saturated rings. The Bertz CT molecular complexity index is 1570. The lowest BCUT2D eigenvalue weighted by atomic mass is 9.83. The molecule has 0 aliphatic heterocycles. The van der Waals surface area contributed by atoms with E-state index in [1.165, 1.54) is 50.1 Å². The number of para-hydroxylation sites is 1. The Morgan fingerprint density at radius 2 is 1.51 bits per heavy atom. The van der Waals surface area contributed by atoms with E-state index in [0.717, 1.165) is 17.0 Å². The van der Waals surface area contributed by atoms with Crippen molar-refractivity contribution in [1.82, 2.24) is 4.57 Å².